The van der Waals surface area contributed by atoms with E-state index in [9.17, 15) is 0 Å². The Labute approximate surface area is 122 Å². The van der Waals surface area contributed by atoms with Gasteiger partial charge in [-0.1, -0.05) is 6.08 Å². The lowest BCUT2D eigenvalue weighted by Gasteiger charge is -2.23. The number of methoxy groups -OCH3 is 1. The van der Waals surface area contributed by atoms with Crippen molar-refractivity contribution in [3.8, 4) is 0 Å². The van der Waals surface area contributed by atoms with E-state index in [0.717, 1.165) is 24.6 Å². The van der Waals surface area contributed by atoms with Gasteiger partial charge in [-0.05, 0) is 20.8 Å². The molecule has 1 heterocycles. The van der Waals surface area contributed by atoms with Crippen LogP contribution in [0.5, 0.6) is 0 Å². The Hall–Kier alpha value is -1.46. The van der Waals surface area contributed by atoms with Gasteiger partial charge in [-0.2, -0.15) is 0 Å². The summed E-state index contributed by atoms with van der Waals surface area (Å²) < 4.78 is 5.13. The first-order valence-electron chi connectivity index (χ1n) is 6.87. The van der Waals surface area contributed by atoms with E-state index >= 15 is 0 Å². The first-order chi connectivity index (χ1) is 9.46. The highest BCUT2D eigenvalue weighted by Gasteiger charge is 2.11. The average molecular weight is 278 g/mol. The molecular formula is C15H26N4O. The van der Waals surface area contributed by atoms with Gasteiger partial charge in [0, 0.05) is 38.5 Å². The Kier molecular flexibility index (Phi) is 6.61. The number of nitrogens with one attached hydrogen (secondary N) is 1. The predicted octanol–water partition coefficient (Wildman–Crippen LogP) is 2.00. The van der Waals surface area contributed by atoms with Gasteiger partial charge < -0.3 is 15.0 Å². The van der Waals surface area contributed by atoms with Crippen LogP contribution < -0.4 is 10.2 Å². The summed E-state index contributed by atoms with van der Waals surface area (Å²) in [6, 6.07) is 0. The molecule has 5 heteroatoms. The molecular weight excluding hydrogens is 252 g/mol. The monoisotopic (exact) mass is 278 g/mol. The van der Waals surface area contributed by atoms with Crippen molar-refractivity contribution in [1.82, 2.24) is 15.3 Å². The fraction of sp³-hybridized carbons (Fsp3) is 0.600. The van der Waals surface area contributed by atoms with Crippen molar-refractivity contribution in [3.05, 3.63) is 30.7 Å². The molecule has 1 rings (SSSR count). The van der Waals surface area contributed by atoms with Crippen molar-refractivity contribution in [3.63, 3.8) is 0 Å². The summed E-state index contributed by atoms with van der Waals surface area (Å²) in [5.74, 6) is 0.857. The summed E-state index contributed by atoms with van der Waals surface area (Å²) >= 11 is 0. The lowest BCUT2D eigenvalue weighted by atomic mass is 10.1. The number of rotatable bonds is 8. The summed E-state index contributed by atoms with van der Waals surface area (Å²) in [5.41, 5.74) is 0.998. The molecule has 0 atom stereocenters. The van der Waals surface area contributed by atoms with Crippen molar-refractivity contribution in [2.24, 2.45) is 0 Å². The molecule has 20 heavy (non-hydrogen) atoms. The van der Waals surface area contributed by atoms with Crippen molar-refractivity contribution >= 4 is 5.82 Å². The largest absolute Gasteiger partial charge is 0.383 e. The van der Waals surface area contributed by atoms with Crippen LogP contribution >= 0.6 is 0 Å². The van der Waals surface area contributed by atoms with Crippen molar-refractivity contribution in [2.45, 2.75) is 32.9 Å². The van der Waals surface area contributed by atoms with Crippen LogP contribution in [-0.2, 0) is 11.3 Å². The van der Waals surface area contributed by atoms with Crippen molar-refractivity contribution in [1.29, 1.82) is 0 Å². The highest BCUT2D eigenvalue weighted by Crippen LogP contribution is 2.10. The molecule has 1 aromatic heterocycles. The molecule has 0 aliphatic carbocycles. The maximum absolute atomic E-state index is 5.13. The molecule has 0 amide bonds. The minimum atomic E-state index is 0.0640. The minimum absolute atomic E-state index is 0.0640. The maximum Gasteiger partial charge on any atom is 0.147 e. The standard InChI is InChI=1S/C15H26N4O/c1-6-7-19(8-9-20-5)14-12-16-10-13(18-14)11-17-15(2,3)4/h6,10,12,17H,1,7-9,11H2,2-5H3. The molecule has 1 N–H and O–H groups in total. The van der Waals surface area contributed by atoms with E-state index < -0.39 is 0 Å². The highest BCUT2D eigenvalue weighted by atomic mass is 16.5. The lowest BCUT2D eigenvalue weighted by molar-refractivity contribution is 0.205. The Morgan fingerprint density at radius 1 is 1.40 bits per heavy atom. The fourth-order valence-electron chi connectivity index (χ4n) is 1.64. The van der Waals surface area contributed by atoms with Crippen molar-refractivity contribution in [2.75, 3.05) is 31.7 Å². The van der Waals surface area contributed by atoms with Gasteiger partial charge in [0.05, 0.1) is 18.5 Å². The van der Waals surface area contributed by atoms with Crippen LogP contribution in [0.2, 0.25) is 0 Å². The zero-order valence-corrected chi connectivity index (χ0v) is 13.0. The van der Waals surface area contributed by atoms with E-state index in [4.69, 9.17) is 4.74 Å². The van der Waals surface area contributed by atoms with Gasteiger partial charge in [0.25, 0.3) is 0 Å². The minimum Gasteiger partial charge on any atom is -0.383 e. The van der Waals surface area contributed by atoms with Crippen LogP contribution in [0.25, 0.3) is 0 Å². The maximum atomic E-state index is 5.13. The third-order valence-corrected chi connectivity index (χ3v) is 2.71. The first-order valence-corrected chi connectivity index (χ1v) is 6.87. The molecule has 0 bridgehead atoms. The average Bonchev–Trinajstić information content (AvgIpc) is 2.41. The van der Waals surface area contributed by atoms with E-state index in [2.05, 4.69) is 47.5 Å². The van der Waals surface area contributed by atoms with Gasteiger partial charge in [0.2, 0.25) is 0 Å². The molecule has 0 saturated heterocycles. The Morgan fingerprint density at radius 2 is 2.15 bits per heavy atom. The lowest BCUT2D eigenvalue weighted by Crippen LogP contribution is -2.35. The Bertz CT molecular complexity index is 415. The second-order valence-electron chi connectivity index (χ2n) is 5.70. The smallest absolute Gasteiger partial charge is 0.147 e. The van der Waals surface area contributed by atoms with Gasteiger partial charge in [0.1, 0.15) is 5.82 Å². The van der Waals surface area contributed by atoms with E-state index in [-0.39, 0.29) is 5.54 Å². The summed E-state index contributed by atoms with van der Waals surface area (Å²) in [6.07, 6.45) is 5.43. The van der Waals surface area contributed by atoms with Crippen LogP contribution in [0.3, 0.4) is 0 Å². The zero-order valence-electron chi connectivity index (χ0n) is 13.0. The summed E-state index contributed by atoms with van der Waals surface area (Å²) in [4.78, 5) is 11.0. The number of nitrogens with zero attached hydrogens (tertiary/aromatic N) is 3. The quantitative estimate of drug-likeness (QED) is 0.737. The molecule has 0 spiro atoms. The molecule has 0 unspecified atom stereocenters. The molecule has 0 aromatic carbocycles. The summed E-state index contributed by atoms with van der Waals surface area (Å²) in [6.45, 7) is 13.0. The SMILES string of the molecule is C=CCN(CCOC)c1cncc(CNC(C)(C)C)n1. The molecule has 0 saturated carbocycles. The molecule has 0 radical (unpaired) electrons. The molecule has 0 aliphatic rings. The molecule has 5 nitrogen and oxygen atoms in total. The van der Waals surface area contributed by atoms with Gasteiger partial charge in [0.15, 0.2) is 0 Å². The third kappa shape index (κ3) is 6.12. The third-order valence-electron chi connectivity index (χ3n) is 2.71. The topological polar surface area (TPSA) is 50.3 Å². The second kappa shape index (κ2) is 7.97. The highest BCUT2D eigenvalue weighted by molar-refractivity contribution is 5.37. The van der Waals surface area contributed by atoms with Crippen molar-refractivity contribution < 1.29 is 4.74 Å². The van der Waals surface area contributed by atoms with E-state index in [1.54, 1.807) is 19.5 Å². The summed E-state index contributed by atoms with van der Waals surface area (Å²) in [7, 11) is 1.70. The first kappa shape index (κ1) is 16.6. The fourth-order valence-corrected chi connectivity index (χ4v) is 1.64. The van der Waals surface area contributed by atoms with Gasteiger partial charge in [-0.25, -0.2) is 4.98 Å². The number of aromatic nitrogens is 2. The van der Waals surface area contributed by atoms with Crippen LogP contribution in [0.1, 0.15) is 26.5 Å². The molecule has 0 fully saturated rings. The van der Waals surface area contributed by atoms with Gasteiger partial charge in [-0.3, -0.25) is 4.98 Å². The molecule has 112 valence electrons. The Morgan fingerprint density at radius 3 is 2.75 bits per heavy atom. The van der Waals surface area contributed by atoms with Crippen LogP contribution in [-0.4, -0.2) is 42.3 Å². The number of hydrogen-bond donors (Lipinski definition) is 1. The number of hydrogen-bond acceptors (Lipinski definition) is 5. The van der Waals surface area contributed by atoms with Crippen LogP contribution in [0.15, 0.2) is 25.0 Å². The molecule has 1 aromatic rings. The van der Waals surface area contributed by atoms with Crippen LogP contribution in [0.4, 0.5) is 5.82 Å². The predicted molar refractivity (Wildman–Crippen MR) is 82.9 cm³/mol. The molecule has 0 aliphatic heterocycles. The number of anilines is 1. The number of ether oxygens (including phenoxy) is 1. The normalized spacial score (nSPS) is 11.4. The summed E-state index contributed by atoms with van der Waals surface area (Å²) in [5, 5.41) is 3.41. The van der Waals surface area contributed by atoms with E-state index in [1.807, 2.05) is 6.08 Å². The van der Waals surface area contributed by atoms with Gasteiger partial charge >= 0.3 is 0 Å². The van der Waals surface area contributed by atoms with E-state index in [1.165, 1.54) is 0 Å². The van der Waals surface area contributed by atoms with Gasteiger partial charge in [-0.15, -0.1) is 6.58 Å². The van der Waals surface area contributed by atoms with E-state index in [0.29, 0.717) is 13.2 Å². The Balaban J connectivity index is 2.75. The van der Waals surface area contributed by atoms with Crippen LogP contribution in [0, 0.1) is 0 Å². The second-order valence-corrected chi connectivity index (χ2v) is 5.70. The zero-order chi connectivity index (χ0) is 15.0.